The fourth-order valence-corrected chi connectivity index (χ4v) is 10.7. The number of nitrogens with zero attached hydrogens (tertiary/aromatic N) is 7. The molecule has 1 spiro atoms. The van der Waals surface area contributed by atoms with Crippen molar-refractivity contribution < 1.29 is 28.7 Å². The van der Waals surface area contributed by atoms with Crippen LogP contribution in [0.25, 0.3) is 10.9 Å². The van der Waals surface area contributed by atoms with Crippen LogP contribution in [0, 0.1) is 11.3 Å². The van der Waals surface area contributed by atoms with Crippen molar-refractivity contribution in [1.29, 1.82) is 0 Å². The molecule has 0 aliphatic carbocycles. The van der Waals surface area contributed by atoms with Crippen molar-refractivity contribution in [2.24, 2.45) is 11.3 Å². The maximum absolute atomic E-state index is 13.7. The van der Waals surface area contributed by atoms with Gasteiger partial charge in [-0.05, 0) is 115 Å². The van der Waals surface area contributed by atoms with E-state index in [1.54, 1.807) is 29.0 Å². The molecule has 2 aromatic heterocycles. The van der Waals surface area contributed by atoms with Crippen LogP contribution in [-0.2, 0) is 14.4 Å². The van der Waals surface area contributed by atoms with Crippen LogP contribution in [0.3, 0.4) is 0 Å². The third-order valence-electron chi connectivity index (χ3n) is 14.4. The van der Waals surface area contributed by atoms with Gasteiger partial charge in [-0.25, -0.2) is 4.98 Å². The van der Waals surface area contributed by atoms with Crippen molar-refractivity contribution >= 4 is 75.2 Å². The summed E-state index contributed by atoms with van der Waals surface area (Å²) in [7, 11) is 1.51. The number of likely N-dealkylation sites (N-methyl/N-ethyl adjacent to an activating group) is 1. The van der Waals surface area contributed by atoms with E-state index in [0.717, 1.165) is 86.4 Å². The molecule has 0 radical (unpaired) electrons. The molecule has 4 saturated heterocycles. The van der Waals surface area contributed by atoms with E-state index in [1.807, 2.05) is 38.1 Å². The summed E-state index contributed by atoms with van der Waals surface area (Å²) in [6.45, 7) is 13.4. The second-order valence-electron chi connectivity index (χ2n) is 18.9. The van der Waals surface area contributed by atoms with Gasteiger partial charge in [0.25, 0.3) is 23.3 Å². The number of ether oxygens (including phenoxy) is 1. The number of hydrogen-bond acceptors (Lipinski definition) is 13. The van der Waals surface area contributed by atoms with Crippen LogP contribution < -0.4 is 36.0 Å². The van der Waals surface area contributed by atoms with Gasteiger partial charge < -0.3 is 29.7 Å². The number of carbonyl (C=O) groups excluding carboxylic acids is 5. The van der Waals surface area contributed by atoms with Gasteiger partial charge in [0.2, 0.25) is 17.8 Å². The van der Waals surface area contributed by atoms with E-state index in [1.165, 1.54) is 7.05 Å². The van der Waals surface area contributed by atoms with E-state index in [-0.39, 0.29) is 53.7 Å². The average Bonchev–Trinajstić information content (AvgIpc) is 3.53. The highest BCUT2D eigenvalue weighted by atomic mass is 35.5. The van der Waals surface area contributed by atoms with Gasteiger partial charge in [0.05, 0.1) is 28.5 Å². The van der Waals surface area contributed by atoms with Gasteiger partial charge in [-0.2, -0.15) is 4.98 Å². The molecule has 1 unspecified atom stereocenters. The molecule has 18 heteroatoms. The lowest BCUT2D eigenvalue weighted by Crippen LogP contribution is -2.63. The number of likely N-dealkylation sites (tertiary alicyclic amines) is 1. The summed E-state index contributed by atoms with van der Waals surface area (Å²) in [5.41, 5.74) is 2.63. The Morgan fingerprint density at radius 2 is 1.71 bits per heavy atom. The highest BCUT2D eigenvalue weighted by Gasteiger charge is 2.51. The first-order valence-corrected chi connectivity index (χ1v) is 22.9. The van der Waals surface area contributed by atoms with Gasteiger partial charge in [0.15, 0.2) is 18.2 Å². The summed E-state index contributed by atoms with van der Waals surface area (Å²) in [5.74, 6) is -0.676. The van der Waals surface area contributed by atoms with Crippen molar-refractivity contribution in [2.75, 3.05) is 68.0 Å². The van der Waals surface area contributed by atoms with Crippen LogP contribution in [-0.4, -0.2) is 118 Å². The second-order valence-corrected chi connectivity index (χ2v) is 19.3. The molecule has 342 valence electrons. The standard InChI is InChI=1S/C47H55ClN10O7/c1-27(2)57-33-10-9-30(21-28(33)22-36(43(57)63)65-24-38(60)49-5)51-40-32(48)23-50-45(53-40)54-17-13-29(14-18-54)46(3,4)56-19-15-47(16-20-56)25-55(26-47)34-8-6-7-31-39(34)44(64)58(42(31)62)35-11-12-37(59)52-41(35)61/h6-10,21-23,27,29,35H,11-20,24-26H2,1-5H3,(H,49,60)(H,50,51,53)(H,52,59,61). The molecule has 7 heterocycles. The first-order chi connectivity index (χ1) is 31.1. The molecule has 5 amide bonds. The largest absolute Gasteiger partial charge is 0.478 e. The van der Waals surface area contributed by atoms with E-state index in [4.69, 9.17) is 21.3 Å². The Hall–Kier alpha value is -6.07. The van der Waals surface area contributed by atoms with Gasteiger partial charge in [0, 0.05) is 67.7 Å². The maximum Gasteiger partial charge on any atom is 0.293 e. The van der Waals surface area contributed by atoms with Crippen LogP contribution in [0.1, 0.15) is 93.0 Å². The second kappa shape index (κ2) is 17.1. The highest BCUT2D eigenvalue weighted by molar-refractivity contribution is 6.33. The Morgan fingerprint density at radius 3 is 2.40 bits per heavy atom. The Morgan fingerprint density at radius 1 is 0.969 bits per heavy atom. The molecule has 4 aromatic rings. The summed E-state index contributed by atoms with van der Waals surface area (Å²) in [6.07, 6.45) is 5.85. The first-order valence-electron chi connectivity index (χ1n) is 22.5. The van der Waals surface area contributed by atoms with E-state index < -0.39 is 29.7 Å². The molecule has 1 atom stereocenters. The molecule has 5 aliphatic heterocycles. The Labute approximate surface area is 381 Å². The summed E-state index contributed by atoms with van der Waals surface area (Å²) in [5, 5.41) is 9.26. The summed E-state index contributed by atoms with van der Waals surface area (Å²) >= 11 is 6.65. The number of imide groups is 2. The number of fused-ring (bicyclic) bond motifs is 2. The molecule has 4 fully saturated rings. The fraction of sp³-hybridized carbons (Fsp3) is 0.489. The number of carbonyl (C=O) groups is 5. The minimum atomic E-state index is -0.991. The number of amides is 5. The average molecular weight is 907 g/mol. The van der Waals surface area contributed by atoms with Gasteiger partial charge in [0.1, 0.15) is 11.1 Å². The van der Waals surface area contributed by atoms with Crippen molar-refractivity contribution in [3.63, 3.8) is 0 Å². The van der Waals surface area contributed by atoms with E-state index >= 15 is 0 Å². The number of benzene rings is 2. The molecule has 3 N–H and O–H groups in total. The molecule has 0 saturated carbocycles. The van der Waals surface area contributed by atoms with Crippen LogP contribution in [0.2, 0.25) is 5.02 Å². The first kappa shape index (κ1) is 44.1. The molecule has 17 nitrogen and oxygen atoms in total. The lowest BCUT2D eigenvalue weighted by Gasteiger charge is -2.58. The predicted molar refractivity (Wildman–Crippen MR) is 246 cm³/mol. The molecule has 0 bridgehead atoms. The van der Waals surface area contributed by atoms with Crippen molar-refractivity contribution in [3.05, 3.63) is 75.2 Å². The van der Waals surface area contributed by atoms with Crippen LogP contribution >= 0.6 is 11.6 Å². The SMILES string of the molecule is CNC(=O)COc1cc2cc(Nc3nc(N4CCC(C(C)(C)N5CCC6(CC5)CN(c5cccc7c5C(=O)N(C5CCC(=O)NC5=O)C7=O)C6)CC4)ncc3Cl)ccc2n(C(C)C)c1=O. The summed E-state index contributed by atoms with van der Waals surface area (Å²) in [6, 6.07) is 11.5. The fourth-order valence-electron chi connectivity index (χ4n) is 10.6. The molecular formula is C47H55ClN10O7. The number of hydrogen-bond donors (Lipinski definition) is 3. The number of rotatable bonds is 11. The number of anilines is 4. The van der Waals surface area contributed by atoms with Crippen molar-refractivity contribution in [3.8, 4) is 5.75 Å². The minimum Gasteiger partial charge on any atom is -0.478 e. The number of piperidine rings is 3. The van der Waals surface area contributed by atoms with Crippen molar-refractivity contribution in [2.45, 2.75) is 83.8 Å². The van der Waals surface area contributed by atoms with Crippen LogP contribution in [0.4, 0.5) is 23.1 Å². The third-order valence-corrected chi connectivity index (χ3v) is 14.7. The van der Waals surface area contributed by atoms with Crippen molar-refractivity contribution in [1.82, 2.24) is 35.0 Å². The molecular weight excluding hydrogens is 852 g/mol. The number of nitrogens with one attached hydrogen (secondary N) is 3. The van der Waals surface area contributed by atoms with Gasteiger partial charge in [-0.15, -0.1) is 0 Å². The number of halogens is 1. The monoisotopic (exact) mass is 906 g/mol. The Kier molecular flexibility index (Phi) is 11.6. The van der Waals surface area contributed by atoms with Gasteiger partial charge >= 0.3 is 0 Å². The Balaban J connectivity index is 0.807. The quantitative estimate of drug-likeness (QED) is 0.173. The van der Waals surface area contributed by atoms with E-state index in [0.29, 0.717) is 39.5 Å². The summed E-state index contributed by atoms with van der Waals surface area (Å²) < 4.78 is 7.28. The van der Waals surface area contributed by atoms with E-state index in [2.05, 4.69) is 49.5 Å². The van der Waals surface area contributed by atoms with Gasteiger partial charge in [-0.3, -0.25) is 43.9 Å². The zero-order chi connectivity index (χ0) is 45.9. The lowest BCUT2D eigenvalue weighted by atomic mass is 9.69. The normalized spacial score (nSPS) is 20.4. The third kappa shape index (κ3) is 8.06. The van der Waals surface area contributed by atoms with Crippen LogP contribution in [0.15, 0.2) is 53.5 Å². The summed E-state index contributed by atoms with van der Waals surface area (Å²) in [4.78, 5) is 94.3. The number of aromatic nitrogens is 3. The zero-order valence-electron chi connectivity index (χ0n) is 37.4. The minimum absolute atomic E-state index is 0.0266. The molecule has 65 heavy (non-hydrogen) atoms. The molecule has 2 aromatic carbocycles. The maximum atomic E-state index is 13.7. The Bertz CT molecular complexity index is 2660. The molecule has 9 rings (SSSR count). The topological polar surface area (TPSA) is 191 Å². The van der Waals surface area contributed by atoms with Gasteiger partial charge in [-0.1, -0.05) is 17.7 Å². The van der Waals surface area contributed by atoms with E-state index in [9.17, 15) is 28.8 Å². The smallest absolute Gasteiger partial charge is 0.293 e. The lowest BCUT2D eigenvalue weighted by molar-refractivity contribution is -0.136. The zero-order valence-corrected chi connectivity index (χ0v) is 38.2. The highest BCUT2D eigenvalue weighted by Crippen LogP contribution is 2.47. The molecule has 5 aliphatic rings. The van der Waals surface area contributed by atoms with Crippen LogP contribution in [0.5, 0.6) is 5.75 Å². The number of pyridine rings is 1. The predicted octanol–water partition coefficient (Wildman–Crippen LogP) is 4.89.